The van der Waals surface area contributed by atoms with E-state index in [0.717, 1.165) is 16.2 Å². The topological polar surface area (TPSA) is 35.2 Å². The molecule has 0 spiro atoms. The summed E-state index contributed by atoms with van der Waals surface area (Å²) in [6.45, 7) is 5.09. The van der Waals surface area contributed by atoms with Crippen molar-refractivity contribution < 1.29 is 4.74 Å². The largest absolute Gasteiger partial charge is 0.493 e. The highest BCUT2D eigenvalue weighted by molar-refractivity contribution is 7.98. The number of hydrogen-bond acceptors (Lipinski definition) is 3. The first-order valence-electron chi connectivity index (χ1n) is 6.19. The lowest BCUT2D eigenvalue weighted by Gasteiger charge is -2.16. The van der Waals surface area contributed by atoms with Gasteiger partial charge in [-0.3, -0.25) is 0 Å². The lowest BCUT2D eigenvalue weighted by molar-refractivity contribution is 0.250. The summed E-state index contributed by atoms with van der Waals surface area (Å²) in [5.41, 5.74) is 6.66. The molecule has 2 nitrogen and oxygen atoms in total. The van der Waals surface area contributed by atoms with Gasteiger partial charge in [0.05, 0.1) is 12.2 Å². The van der Waals surface area contributed by atoms with E-state index < -0.39 is 0 Å². The van der Waals surface area contributed by atoms with E-state index >= 15 is 0 Å². The standard InChI is InChI=1S/C14H21NOS2/c1-4-6-10(2)9-16-11-7-5-8-12(18-3)13(11)14(15)17/h5,7-8,10H,4,6,9H2,1-3H3,(H2,15,17). The van der Waals surface area contributed by atoms with Crippen molar-refractivity contribution in [3.8, 4) is 5.75 Å². The first-order chi connectivity index (χ1) is 8.60. The van der Waals surface area contributed by atoms with Crippen molar-refractivity contribution in [1.82, 2.24) is 0 Å². The lowest BCUT2D eigenvalue weighted by atomic mass is 10.1. The second-order valence-corrected chi connectivity index (χ2v) is 5.69. The second kappa shape index (κ2) is 7.64. The minimum atomic E-state index is 0.401. The highest BCUT2D eigenvalue weighted by Gasteiger charge is 2.12. The van der Waals surface area contributed by atoms with Gasteiger partial charge in [0.2, 0.25) is 0 Å². The summed E-state index contributed by atoms with van der Waals surface area (Å²) in [5.74, 6) is 1.35. The molecule has 0 saturated heterocycles. The molecule has 0 saturated carbocycles. The van der Waals surface area contributed by atoms with Crippen LogP contribution < -0.4 is 10.5 Å². The molecule has 1 unspecified atom stereocenters. The molecule has 0 heterocycles. The van der Waals surface area contributed by atoms with Crippen LogP contribution in [0.5, 0.6) is 5.75 Å². The van der Waals surface area contributed by atoms with Crippen LogP contribution in [0.1, 0.15) is 32.3 Å². The maximum Gasteiger partial charge on any atom is 0.130 e. The van der Waals surface area contributed by atoms with Crippen molar-refractivity contribution in [2.24, 2.45) is 11.7 Å². The summed E-state index contributed by atoms with van der Waals surface area (Å²) >= 11 is 6.75. The summed E-state index contributed by atoms with van der Waals surface area (Å²) in [4.78, 5) is 1.47. The van der Waals surface area contributed by atoms with Crippen LogP contribution in [0, 0.1) is 5.92 Å². The van der Waals surface area contributed by atoms with Gasteiger partial charge in [0, 0.05) is 4.90 Å². The van der Waals surface area contributed by atoms with Gasteiger partial charge in [-0.05, 0) is 30.7 Å². The van der Waals surface area contributed by atoms with Crippen LogP contribution in [0.2, 0.25) is 0 Å². The average Bonchev–Trinajstić information content (AvgIpc) is 2.35. The zero-order valence-electron chi connectivity index (χ0n) is 11.2. The van der Waals surface area contributed by atoms with Gasteiger partial charge in [-0.25, -0.2) is 0 Å². The molecule has 0 fully saturated rings. The Kier molecular flexibility index (Phi) is 6.50. The van der Waals surface area contributed by atoms with Crippen LogP contribution in [-0.4, -0.2) is 17.9 Å². The Morgan fingerprint density at radius 2 is 2.22 bits per heavy atom. The van der Waals surface area contributed by atoms with Gasteiger partial charge in [-0.2, -0.15) is 0 Å². The van der Waals surface area contributed by atoms with E-state index in [0.29, 0.717) is 17.5 Å². The molecule has 1 atom stereocenters. The first kappa shape index (κ1) is 15.3. The number of thioether (sulfide) groups is 1. The molecular weight excluding hydrogens is 262 g/mol. The van der Waals surface area contributed by atoms with Gasteiger partial charge in [-0.15, -0.1) is 11.8 Å². The Labute approximate surface area is 119 Å². The molecule has 0 aromatic heterocycles. The Bertz CT molecular complexity index is 407. The Balaban J connectivity index is 2.85. The molecule has 0 radical (unpaired) electrons. The molecule has 0 amide bonds. The van der Waals surface area contributed by atoms with Crippen molar-refractivity contribution in [1.29, 1.82) is 0 Å². The van der Waals surface area contributed by atoms with Crippen LogP contribution >= 0.6 is 24.0 Å². The van der Waals surface area contributed by atoms with E-state index in [9.17, 15) is 0 Å². The first-order valence-corrected chi connectivity index (χ1v) is 7.83. The summed E-state index contributed by atoms with van der Waals surface area (Å²) in [6, 6.07) is 5.93. The molecule has 1 aromatic carbocycles. The lowest BCUT2D eigenvalue weighted by Crippen LogP contribution is -2.15. The van der Waals surface area contributed by atoms with E-state index in [1.165, 1.54) is 12.8 Å². The van der Waals surface area contributed by atoms with Crippen LogP contribution in [0.25, 0.3) is 0 Å². The van der Waals surface area contributed by atoms with Crippen molar-refractivity contribution in [2.75, 3.05) is 12.9 Å². The third-order valence-corrected chi connectivity index (χ3v) is 3.74. The number of thiocarbonyl (C=S) groups is 1. The van der Waals surface area contributed by atoms with Crippen molar-refractivity contribution in [3.05, 3.63) is 23.8 Å². The van der Waals surface area contributed by atoms with Gasteiger partial charge < -0.3 is 10.5 Å². The number of benzene rings is 1. The predicted octanol–water partition coefficient (Wildman–Crippen LogP) is 3.86. The van der Waals surface area contributed by atoms with Gasteiger partial charge in [0.15, 0.2) is 0 Å². The molecule has 2 N–H and O–H groups in total. The van der Waals surface area contributed by atoms with E-state index in [4.69, 9.17) is 22.7 Å². The van der Waals surface area contributed by atoms with Gasteiger partial charge in [-0.1, -0.05) is 38.6 Å². The summed E-state index contributed by atoms with van der Waals surface area (Å²) in [7, 11) is 0. The van der Waals surface area contributed by atoms with Crippen LogP contribution in [0.3, 0.4) is 0 Å². The third-order valence-electron chi connectivity index (χ3n) is 2.76. The molecule has 100 valence electrons. The normalized spacial score (nSPS) is 12.2. The highest BCUT2D eigenvalue weighted by atomic mass is 32.2. The quantitative estimate of drug-likeness (QED) is 0.609. The molecule has 1 aromatic rings. The maximum absolute atomic E-state index is 5.87. The zero-order chi connectivity index (χ0) is 13.5. The Hall–Kier alpha value is -0.740. The van der Waals surface area contributed by atoms with Crippen LogP contribution in [0.4, 0.5) is 0 Å². The van der Waals surface area contributed by atoms with Crippen LogP contribution in [-0.2, 0) is 0 Å². The molecule has 0 bridgehead atoms. The van der Waals surface area contributed by atoms with Gasteiger partial charge in [0.1, 0.15) is 10.7 Å². The SMILES string of the molecule is CCCC(C)COc1cccc(SC)c1C(N)=S. The van der Waals surface area contributed by atoms with E-state index in [1.807, 2.05) is 24.5 Å². The summed E-state index contributed by atoms with van der Waals surface area (Å²) in [5, 5.41) is 0. The minimum Gasteiger partial charge on any atom is -0.493 e. The zero-order valence-corrected chi connectivity index (χ0v) is 12.9. The molecule has 4 heteroatoms. The van der Waals surface area contributed by atoms with E-state index in [2.05, 4.69) is 13.8 Å². The molecule has 1 rings (SSSR count). The average molecular weight is 283 g/mol. The maximum atomic E-state index is 5.87. The number of nitrogens with two attached hydrogens (primary N) is 1. The van der Waals surface area contributed by atoms with Gasteiger partial charge >= 0.3 is 0 Å². The predicted molar refractivity (Wildman–Crippen MR) is 83.7 cm³/mol. The van der Waals surface area contributed by atoms with Crippen LogP contribution in [0.15, 0.2) is 23.1 Å². The molecule has 0 aliphatic carbocycles. The fraction of sp³-hybridized carbons (Fsp3) is 0.500. The number of hydrogen-bond donors (Lipinski definition) is 1. The Morgan fingerprint density at radius 3 is 2.78 bits per heavy atom. The fourth-order valence-electron chi connectivity index (χ4n) is 1.85. The molecular formula is C14H21NOS2. The van der Waals surface area contributed by atoms with E-state index in [1.54, 1.807) is 11.8 Å². The van der Waals surface area contributed by atoms with Crippen molar-refractivity contribution >= 4 is 29.0 Å². The smallest absolute Gasteiger partial charge is 0.130 e. The number of rotatable bonds is 7. The van der Waals surface area contributed by atoms with Crippen molar-refractivity contribution in [2.45, 2.75) is 31.6 Å². The molecule has 0 aliphatic heterocycles. The Morgan fingerprint density at radius 1 is 1.50 bits per heavy atom. The monoisotopic (exact) mass is 283 g/mol. The molecule has 18 heavy (non-hydrogen) atoms. The highest BCUT2D eigenvalue weighted by Crippen LogP contribution is 2.29. The van der Waals surface area contributed by atoms with E-state index in [-0.39, 0.29) is 0 Å². The third kappa shape index (κ3) is 4.18. The van der Waals surface area contributed by atoms with Gasteiger partial charge in [0.25, 0.3) is 0 Å². The minimum absolute atomic E-state index is 0.401. The van der Waals surface area contributed by atoms with Crippen molar-refractivity contribution in [3.63, 3.8) is 0 Å². The summed E-state index contributed by atoms with van der Waals surface area (Å²) in [6.07, 6.45) is 4.36. The second-order valence-electron chi connectivity index (χ2n) is 4.40. The summed E-state index contributed by atoms with van der Waals surface area (Å²) < 4.78 is 5.87. The number of ether oxygens (including phenoxy) is 1. The fourth-order valence-corrected chi connectivity index (χ4v) is 2.76. The molecule has 0 aliphatic rings.